The molecule has 2 heteroatoms. The van der Waals surface area contributed by atoms with E-state index in [-0.39, 0.29) is 11.8 Å². The van der Waals surface area contributed by atoms with Crippen molar-refractivity contribution in [3.05, 3.63) is 12.7 Å². The summed E-state index contributed by atoms with van der Waals surface area (Å²) in [6.07, 6.45) is 3.79. The summed E-state index contributed by atoms with van der Waals surface area (Å²) in [7, 11) is 0. The molecule has 1 aliphatic heterocycles. The summed E-state index contributed by atoms with van der Waals surface area (Å²) in [5.74, 6) is 0.814. The topological polar surface area (TPSA) is 29.1 Å². The van der Waals surface area contributed by atoms with Crippen LogP contribution >= 0.6 is 0 Å². The molecule has 0 aliphatic carbocycles. The Morgan fingerprint density at radius 3 is 3.09 bits per heavy atom. The molecule has 1 rings (SSSR count). The zero-order chi connectivity index (χ0) is 8.27. The fourth-order valence-electron chi connectivity index (χ4n) is 1.43. The number of amides is 1. The highest BCUT2D eigenvalue weighted by atomic mass is 16.1. The predicted octanol–water partition coefficient (Wildman–Crippen LogP) is 1.33. The van der Waals surface area contributed by atoms with E-state index < -0.39 is 0 Å². The second-order valence-electron chi connectivity index (χ2n) is 3.26. The number of nitrogens with one attached hydrogen (secondary N) is 1. The Kier molecular flexibility index (Phi) is 2.69. The summed E-state index contributed by atoms with van der Waals surface area (Å²) in [5.41, 5.74) is 0. The molecule has 1 N–H and O–H groups in total. The fourth-order valence-corrected chi connectivity index (χ4v) is 1.43. The van der Waals surface area contributed by atoms with Gasteiger partial charge >= 0.3 is 0 Å². The Labute approximate surface area is 67.7 Å². The molecule has 11 heavy (non-hydrogen) atoms. The predicted molar refractivity (Wildman–Crippen MR) is 45.1 cm³/mol. The summed E-state index contributed by atoms with van der Waals surface area (Å²) in [4.78, 5) is 11.2. The van der Waals surface area contributed by atoms with Gasteiger partial charge in [-0.2, -0.15) is 0 Å². The molecule has 0 aromatic carbocycles. The molecule has 62 valence electrons. The molecule has 0 saturated carbocycles. The normalized spacial score (nSPS) is 32.3. The minimum atomic E-state index is 0.0347. The standard InChI is InChI=1S/C9H15NO/c1-3-8-6-7(2)4-5-10-9(8)11/h3,7-8H,1,4-6H2,2H3,(H,10,11). The summed E-state index contributed by atoms with van der Waals surface area (Å²) < 4.78 is 0. The van der Waals surface area contributed by atoms with Gasteiger partial charge in [0.1, 0.15) is 0 Å². The Balaban J connectivity index is 2.59. The average molecular weight is 153 g/mol. The lowest BCUT2D eigenvalue weighted by atomic mass is 9.95. The largest absolute Gasteiger partial charge is 0.356 e. The van der Waals surface area contributed by atoms with Gasteiger partial charge in [0.05, 0.1) is 5.92 Å². The van der Waals surface area contributed by atoms with Crippen LogP contribution in [0.1, 0.15) is 19.8 Å². The van der Waals surface area contributed by atoms with Crippen LogP contribution in [0.15, 0.2) is 12.7 Å². The summed E-state index contributed by atoms with van der Waals surface area (Å²) >= 11 is 0. The van der Waals surface area contributed by atoms with Gasteiger partial charge in [0.15, 0.2) is 0 Å². The minimum absolute atomic E-state index is 0.0347. The van der Waals surface area contributed by atoms with Gasteiger partial charge in [0.2, 0.25) is 5.91 Å². The molecule has 0 spiro atoms. The van der Waals surface area contributed by atoms with Crippen LogP contribution in [0, 0.1) is 11.8 Å². The molecule has 1 heterocycles. The molecular weight excluding hydrogens is 138 g/mol. The molecule has 0 aromatic rings. The van der Waals surface area contributed by atoms with Gasteiger partial charge in [-0.25, -0.2) is 0 Å². The molecule has 2 unspecified atom stereocenters. The van der Waals surface area contributed by atoms with Crippen LogP contribution in [-0.2, 0) is 4.79 Å². The quantitative estimate of drug-likeness (QED) is 0.566. The number of hydrogen-bond acceptors (Lipinski definition) is 1. The zero-order valence-electron chi connectivity index (χ0n) is 6.97. The third kappa shape index (κ3) is 2.07. The van der Waals surface area contributed by atoms with E-state index in [1.807, 2.05) is 0 Å². The summed E-state index contributed by atoms with van der Waals surface area (Å²) in [6.45, 7) is 6.65. The Morgan fingerprint density at radius 2 is 2.45 bits per heavy atom. The summed E-state index contributed by atoms with van der Waals surface area (Å²) in [5, 5.41) is 2.87. The highest BCUT2D eigenvalue weighted by molar-refractivity contribution is 5.80. The first-order chi connectivity index (χ1) is 5.24. The molecule has 0 bridgehead atoms. The highest BCUT2D eigenvalue weighted by Crippen LogP contribution is 2.18. The molecule has 1 fully saturated rings. The maximum Gasteiger partial charge on any atom is 0.226 e. The van der Waals surface area contributed by atoms with Gasteiger partial charge in [-0.15, -0.1) is 6.58 Å². The van der Waals surface area contributed by atoms with E-state index in [0.717, 1.165) is 19.4 Å². The Morgan fingerprint density at radius 1 is 1.73 bits per heavy atom. The van der Waals surface area contributed by atoms with Gasteiger partial charge in [0.25, 0.3) is 0 Å². The third-order valence-corrected chi connectivity index (χ3v) is 2.21. The van der Waals surface area contributed by atoms with Gasteiger partial charge in [-0.05, 0) is 18.8 Å². The van der Waals surface area contributed by atoms with Gasteiger partial charge in [-0.1, -0.05) is 13.0 Å². The molecular formula is C9H15NO. The van der Waals surface area contributed by atoms with Crippen molar-refractivity contribution in [2.24, 2.45) is 11.8 Å². The van der Waals surface area contributed by atoms with Crippen LogP contribution in [0.25, 0.3) is 0 Å². The lowest BCUT2D eigenvalue weighted by Crippen LogP contribution is -2.27. The number of carbonyl (C=O) groups is 1. The molecule has 2 nitrogen and oxygen atoms in total. The monoisotopic (exact) mass is 153 g/mol. The lowest BCUT2D eigenvalue weighted by molar-refractivity contribution is -0.123. The second kappa shape index (κ2) is 3.56. The number of carbonyl (C=O) groups excluding carboxylic acids is 1. The van der Waals surface area contributed by atoms with Crippen LogP contribution in [0.2, 0.25) is 0 Å². The van der Waals surface area contributed by atoms with Crippen molar-refractivity contribution in [1.29, 1.82) is 0 Å². The van der Waals surface area contributed by atoms with Crippen molar-refractivity contribution in [1.82, 2.24) is 5.32 Å². The van der Waals surface area contributed by atoms with E-state index in [0.29, 0.717) is 5.92 Å². The van der Waals surface area contributed by atoms with E-state index in [1.165, 1.54) is 0 Å². The zero-order valence-corrected chi connectivity index (χ0v) is 6.97. The number of rotatable bonds is 1. The van der Waals surface area contributed by atoms with Crippen LogP contribution in [0.4, 0.5) is 0 Å². The van der Waals surface area contributed by atoms with Gasteiger partial charge in [-0.3, -0.25) is 4.79 Å². The second-order valence-corrected chi connectivity index (χ2v) is 3.26. The molecule has 0 radical (unpaired) electrons. The van der Waals surface area contributed by atoms with Crippen LogP contribution in [0.3, 0.4) is 0 Å². The average Bonchev–Trinajstić information content (AvgIpc) is 2.13. The molecule has 1 amide bonds. The fraction of sp³-hybridized carbons (Fsp3) is 0.667. The SMILES string of the molecule is C=CC1CC(C)CCNC1=O. The minimum Gasteiger partial charge on any atom is -0.356 e. The highest BCUT2D eigenvalue weighted by Gasteiger charge is 2.20. The van der Waals surface area contributed by atoms with Crippen molar-refractivity contribution in [2.75, 3.05) is 6.54 Å². The van der Waals surface area contributed by atoms with Gasteiger partial charge in [0, 0.05) is 6.54 Å². The maximum atomic E-state index is 11.2. The molecule has 0 aromatic heterocycles. The first-order valence-corrected chi connectivity index (χ1v) is 4.14. The van der Waals surface area contributed by atoms with E-state index in [1.54, 1.807) is 6.08 Å². The smallest absolute Gasteiger partial charge is 0.226 e. The van der Waals surface area contributed by atoms with E-state index in [9.17, 15) is 4.79 Å². The van der Waals surface area contributed by atoms with Crippen molar-refractivity contribution in [3.8, 4) is 0 Å². The first kappa shape index (κ1) is 8.31. The molecule has 1 aliphatic rings. The Hall–Kier alpha value is -0.790. The third-order valence-electron chi connectivity index (χ3n) is 2.21. The Bertz CT molecular complexity index is 165. The van der Waals surface area contributed by atoms with Crippen molar-refractivity contribution in [2.45, 2.75) is 19.8 Å². The van der Waals surface area contributed by atoms with Crippen LogP contribution in [0.5, 0.6) is 0 Å². The van der Waals surface area contributed by atoms with Crippen molar-refractivity contribution in [3.63, 3.8) is 0 Å². The van der Waals surface area contributed by atoms with Crippen molar-refractivity contribution < 1.29 is 4.79 Å². The van der Waals surface area contributed by atoms with Crippen LogP contribution in [-0.4, -0.2) is 12.5 Å². The molecule has 2 atom stereocenters. The first-order valence-electron chi connectivity index (χ1n) is 4.14. The van der Waals surface area contributed by atoms with E-state index in [4.69, 9.17) is 0 Å². The number of hydrogen-bond donors (Lipinski definition) is 1. The van der Waals surface area contributed by atoms with Crippen LogP contribution < -0.4 is 5.32 Å². The molecule has 1 saturated heterocycles. The summed E-state index contributed by atoms with van der Waals surface area (Å²) in [6, 6.07) is 0. The lowest BCUT2D eigenvalue weighted by Gasteiger charge is -2.09. The van der Waals surface area contributed by atoms with E-state index >= 15 is 0 Å². The van der Waals surface area contributed by atoms with E-state index in [2.05, 4.69) is 18.8 Å². The maximum absolute atomic E-state index is 11.2. The van der Waals surface area contributed by atoms with Crippen molar-refractivity contribution >= 4 is 5.91 Å². The van der Waals surface area contributed by atoms with Gasteiger partial charge < -0.3 is 5.32 Å².